The molecule has 0 atom stereocenters. The monoisotopic (exact) mass is 139 g/mol. The van der Waals surface area contributed by atoms with Crippen LogP contribution in [-0.4, -0.2) is 25.9 Å². The lowest BCUT2D eigenvalue weighted by molar-refractivity contribution is 0.0977. The van der Waals surface area contributed by atoms with E-state index in [0.717, 1.165) is 0 Å². The van der Waals surface area contributed by atoms with E-state index in [9.17, 15) is 8.87 Å². The SMILES string of the molecule is CC(C)CF.CN(C)F. The molecule has 0 aromatic heterocycles. The molecule has 0 saturated heterocycles. The van der Waals surface area contributed by atoms with Crippen LogP contribution in [0, 0.1) is 5.92 Å². The maximum atomic E-state index is 11.1. The predicted octanol–water partition coefficient (Wildman–Crippen LogP) is 2.04. The van der Waals surface area contributed by atoms with Gasteiger partial charge in [-0.3, -0.25) is 4.39 Å². The summed E-state index contributed by atoms with van der Waals surface area (Å²) in [6.07, 6.45) is 0. The number of nitrogens with zero attached hydrogens (tertiary/aromatic N) is 1. The number of rotatable bonds is 1. The van der Waals surface area contributed by atoms with E-state index in [0.29, 0.717) is 5.12 Å². The van der Waals surface area contributed by atoms with Crippen LogP contribution >= 0.6 is 0 Å². The fourth-order valence-electron chi connectivity index (χ4n) is 0. The third-order valence-electron chi connectivity index (χ3n) is 0.309. The van der Waals surface area contributed by atoms with E-state index in [1.54, 1.807) is 0 Å². The molecule has 0 aromatic carbocycles. The van der Waals surface area contributed by atoms with Crippen LogP contribution in [-0.2, 0) is 0 Å². The normalized spacial score (nSPS) is 9.33. The van der Waals surface area contributed by atoms with Crippen LogP contribution in [0.15, 0.2) is 0 Å². The van der Waals surface area contributed by atoms with Gasteiger partial charge in [-0.05, 0) is 5.92 Å². The fraction of sp³-hybridized carbons (Fsp3) is 1.00. The summed E-state index contributed by atoms with van der Waals surface area (Å²) in [6, 6.07) is 0. The molecular formula is C6H15F2N. The molecule has 0 N–H and O–H groups in total. The first kappa shape index (κ1) is 11.6. The molecule has 0 bridgehead atoms. The molecule has 0 radical (unpaired) electrons. The lowest BCUT2D eigenvalue weighted by Crippen LogP contribution is -1.91. The van der Waals surface area contributed by atoms with Crippen molar-refractivity contribution in [2.24, 2.45) is 5.92 Å². The van der Waals surface area contributed by atoms with Gasteiger partial charge >= 0.3 is 0 Å². The molecule has 0 rings (SSSR count). The Morgan fingerprint density at radius 3 is 1.44 bits per heavy atom. The second kappa shape index (κ2) is 7.82. The minimum absolute atomic E-state index is 0.194. The third-order valence-corrected chi connectivity index (χ3v) is 0.309. The molecule has 0 aliphatic rings. The molecule has 9 heavy (non-hydrogen) atoms. The molecule has 58 valence electrons. The molecule has 0 spiro atoms. The number of halogens is 2. The van der Waals surface area contributed by atoms with Gasteiger partial charge in [0.25, 0.3) is 0 Å². The second-order valence-electron chi connectivity index (χ2n) is 2.33. The molecule has 0 aliphatic heterocycles. The van der Waals surface area contributed by atoms with Gasteiger partial charge in [0.15, 0.2) is 0 Å². The lowest BCUT2D eigenvalue weighted by atomic mass is 10.3. The van der Waals surface area contributed by atoms with Gasteiger partial charge < -0.3 is 0 Å². The standard InChI is InChI=1S/C4H9F.C2H6FN/c1-4(2)3-5;1-4(2)3/h4H,3H2,1-2H3;1-2H3. The maximum Gasteiger partial charge on any atom is 0.0917 e. The van der Waals surface area contributed by atoms with Crippen molar-refractivity contribution < 1.29 is 8.87 Å². The van der Waals surface area contributed by atoms with Crippen molar-refractivity contribution in [3.05, 3.63) is 0 Å². The highest BCUT2D eigenvalue weighted by Gasteiger charge is 1.83. The summed E-state index contributed by atoms with van der Waals surface area (Å²) in [5.74, 6) is 0.218. The summed E-state index contributed by atoms with van der Waals surface area (Å²) in [6.45, 7) is 3.50. The second-order valence-corrected chi connectivity index (χ2v) is 2.33. The van der Waals surface area contributed by atoms with E-state index < -0.39 is 0 Å². The van der Waals surface area contributed by atoms with E-state index in [4.69, 9.17) is 0 Å². The zero-order chi connectivity index (χ0) is 7.86. The first-order chi connectivity index (χ1) is 4.00. The Hall–Kier alpha value is -0.180. The summed E-state index contributed by atoms with van der Waals surface area (Å²) in [7, 11) is 2.67. The lowest BCUT2D eigenvalue weighted by Gasteiger charge is -1.87. The molecular weight excluding hydrogens is 124 g/mol. The molecule has 0 saturated carbocycles. The smallest absolute Gasteiger partial charge is 0.0917 e. The Balaban J connectivity index is 0. The molecule has 0 unspecified atom stereocenters. The highest BCUT2D eigenvalue weighted by Crippen LogP contribution is 1.88. The van der Waals surface area contributed by atoms with Crippen molar-refractivity contribution >= 4 is 0 Å². The van der Waals surface area contributed by atoms with Crippen LogP contribution in [0.4, 0.5) is 8.87 Å². The van der Waals surface area contributed by atoms with Gasteiger partial charge in [0.05, 0.1) is 6.67 Å². The summed E-state index contributed by atoms with van der Waals surface area (Å²) in [5.41, 5.74) is 0. The molecule has 0 aliphatic carbocycles. The van der Waals surface area contributed by atoms with Crippen molar-refractivity contribution in [3.8, 4) is 0 Å². The summed E-state index contributed by atoms with van der Waals surface area (Å²) < 4.78 is 21.9. The van der Waals surface area contributed by atoms with Gasteiger partial charge in [-0.15, -0.1) is 4.48 Å². The van der Waals surface area contributed by atoms with Crippen LogP contribution < -0.4 is 0 Å². The molecule has 3 heteroatoms. The van der Waals surface area contributed by atoms with E-state index in [1.807, 2.05) is 13.8 Å². The molecule has 1 nitrogen and oxygen atoms in total. The Labute approximate surface area is 55.6 Å². The number of hydrogen-bond acceptors (Lipinski definition) is 1. The molecule has 0 heterocycles. The largest absolute Gasteiger partial charge is 0.251 e. The fourth-order valence-corrected chi connectivity index (χ4v) is 0. The maximum absolute atomic E-state index is 11.1. The molecule has 0 aromatic rings. The number of alkyl halides is 1. The van der Waals surface area contributed by atoms with Gasteiger partial charge in [0.1, 0.15) is 0 Å². The van der Waals surface area contributed by atoms with Crippen LogP contribution in [0.2, 0.25) is 0 Å². The highest BCUT2D eigenvalue weighted by molar-refractivity contribution is 4.33. The van der Waals surface area contributed by atoms with Gasteiger partial charge in [-0.25, -0.2) is 0 Å². The quantitative estimate of drug-likeness (QED) is 0.502. The van der Waals surface area contributed by atoms with Crippen LogP contribution in [0.5, 0.6) is 0 Å². The van der Waals surface area contributed by atoms with Gasteiger partial charge in [-0.2, -0.15) is 5.12 Å². The van der Waals surface area contributed by atoms with Crippen LogP contribution in [0.25, 0.3) is 0 Å². The minimum Gasteiger partial charge on any atom is -0.251 e. The Kier molecular flexibility index (Phi) is 10.1. The third kappa shape index (κ3) is 80.0. The average molecular weight is 139 g/mol. The van der Waals surface area contributed by atoms with Crippen molar-refractivity contribution in [1.29, 1.82) is 0 Å². The van der Waals surface area contributed by atoms with Gasteiger partial charge in [0, 0.05) is 14.1 Å². The zero-order valence-corrected chi connectivity index (χ0v) is 6.49. The van der Waals surface area contributed by atoms with Crippen molar-refractivity contribution in [2.75, 3.05) is 20.8 Å². The first-order valence-electron chi connectivity index (χ1n) is 2.89. The Morgan fingerprint density at radius 2 is 1.44 bits per heavy atom. The van der Waals surface area contributed by atoms with Crippen LogP contribution in [0.3, 0.4) is 0 Å². The molecule has 0 amide bonds. The van der Waals surface area contributed by atoms with Gasteiger partial charge in [0.2, 0.25) is 0 Å². The van der Waals surface area contributed by atoms with Crippen molar-refractivity contribution in [2.45, 2.75) is 13.8 Å². The van der Waals surface area contributed by atoms with E-state index in [2.05, 4.69) is 0 Å². The number of hydrogen-bond donors (Lipinski definition) is 0. The van der Waals surface area contributed by atoms with Crippen molar-refractivity contribution in [1.82, 2.24) is 5.12 Å². The first-order valence-corrected chi connectivity index (χ1v) is 2.89. The minimum atomic E-state index is -0.194. The van der Waals surface area contributed by atoms with E-state index in [-0.39, 0.29) is 12.6 Å². The van der Waals surface area contributed by atoms with Crippen LogP contribution in [0.1, 0.15) is 13.8 Å². The Bertz CT molecular complexity index is 43.6. The summed E-state index contributed by atoms with van der Waals surface area (Å²) in [5, 5.41) is 0.500. The highest BCUT2D eigenvalue weighted by atomic mass is 19.2. The topological polar surface area (TPSA) is 3.24 Å². The van der Waals surface area contributed by atoms with Crippen molar-refractivity contribution in [3.63, 3.8) is 0 Å². The zero-order valence-electron chi connectivity index (χ0n) is 6.49. The summed E-state index contributed by atoms with van der Waals surface area (Å²) >= 11 is 0. The average Bonchev–Trinajstić information content (AvgIpc) is 1.65. The predicted molar refractivity (Wildman–Crippen MR) is 35.6 cm³/mol. The van der Waals surface area contributed by atoms with E-state index >= 15 is 0 Å². The van der Waals surface area contributed by atoms with E-state index in [1.165, 1.54) is 14.1 Å². The van der Waals surface area contributed by atoms with Gasteiger partial charge in [-0.1, -0.05) is 13.8 Å². The Morgan fingerprint density at radius 1 is 1.33 bits per heavy atom. The molecule has 0 fully saturated rings. The summed E-state index contributed by atoms with van der Waals surface area (Å²) in [4.78, 5) is 0.